The van der Waals surface area contributed by atoms with Gasteiger partial charge in [-0.05, 0) is 30.2 Å². The minimum absolute atomic E-state index is 0.360. The second-order valence-electron chi connectivity index (χ2n) is 4.77. The van der Waals surface area contributed by atoms with Crippen LogP contribution < -0.4 is 4.74 Å². The molecule has 2 heterocycles. The highest BCUT2D eigenvalue weighted by molar-refractivity contribution is 7.17. The summed E-state index contributed by atoms with van der Waals surface area (Å²) in [6, 6.07) is 5.95. The molecule has 0 bridgehead atoms. The topological polar surface area (TPSA) is 59.4 Å². The van der Waals surface area contributed by atoms with Crippen LogP contribution in [0, 0.1) is 0 Å². The molecule has 4 nitrogen and oxygen atoms in total. The van der Waals surface area contributed by atoms with Crippen molar-refractivity contribution in [3.63, 3.8) is 0 Å². The van der Waals surface area contributed by atoms with Crippen LogP contribution in [0.25, 0.3) is 10.6 Å². The lowest BCUT2D eigenvalue weighted by Crippen LogP contribution is -1.98. The van der Waals surface area contributed by atoms with Gasteiger partial charge in [-0.2, -0.15) is 0 Å². The van der Waals surface area contributed by atoms with Crippen molar-refractivity contribution in [3.05, 3.63) is 34.3 Å². The first-order chi connectivity index (χ1) is 9.69. The van der Waals surface area contributed by atoms with Crippen LogP contribution in [-0.2, 0) is 12.8 Å². The van der Waals surface area contributed by atoms with E-state index in [0.717, 1.165) is 35.8 Å². The number of hydrogen-bond acceptors (Lipinski definition) is 4. The minimum atomic E-state index is -0.887. The Kier molecular flexibility index (Phi) is 3.44. The fourth-order valence-electron chi connectivity index (χ4n) is 2.37. The fourth-order valence-corrected chi connectivity index (χ4v) is 3.31. The zero-order valence-electron chi connectivity index (χ0n) is 11.2. The van der Waals surface area contributed by atoms with E-state index < -0.39 is 5.97 Å². The SMILES string of the molecule is CCCc1nc(-c2ccc3c(c2)CCO3)sc1C(=O)O. The van der Waals surface area contributed by atoms with Crippen LogP contribution >= 0.6 is 11.3 Å². The number of carboxylic acid groups (broad SMARTS) is 1. The van der Waals surface area contributed by atoms with Crippen LogP contribution in [0.5, 0.6) is 5.75 Å². The van der Waals surface area contributed by atoms with Crippen molar-refractivity contribution in [2.45, 2.75) is 26.2 Å². The first-order valence-corrected chi connectivity index (χ1v) is 7.49. The van der Waals surface area contributed by atoms with E-state index in [1.807, 2.05) is 19.1 Å². The van der Waals surface area contributed by atoms with Gasteiger partial charge in [0.25, 0.3) is 0 Å². The maximum absolute atomic E-state index is 11.3. The van der Waals surface area contributed by atoms with E-state index >= 15 is 0 Å². The number of thiazole rings is 1. The number of hydrogen-bond donors (Lipinski definition) is 1. The maximum atomic E-state index is 11.3. The Labute approximate surface area is 121 Å². The maximum Gasteiger partial charge on any atom is 0.347 e. The van der Waals surface area contributed by atoms with E-state index in [1.165, 1.54) is 16.9 Å². The number of benzene rings is 1. The highest BCUT2D eigenvalue weighted by Crippen LogP contribution is 2.33. The average molecular weight is 289 g/mol. The first kappa shape index (κ1) is 13.1. The molecule has 104 valence electrons. The van der Waals surface area contributed by atoms with Crippen LogP contribution in [0.15, 0.2) is 18.2 Å². The van der Waals surface area contributed by atoms with Gasteiger partial charge in [0, 0.05) is 12.0 Å². The Morgan fingerprint density at radius 1 is 1.50 bits per heavy atom. The van der Waals surface area contributed by atoms with Crippen molar-refractivity contribution in [1.29, 1.82) is 0 Å². The minimum Gasteiger partial charge on any atom is -0.493 e. The molecule has 0 saturated carbocycles. The molecular formula is C15H15NO3S. The quantitative estimate of drug-likeness (QED) is 0.937. The number of carboxylic acids is 1. The molecular weight excluding hydrogens is 274 g/mol. The van der Waals surface area contributed by atoms with E-state index in [4.69, 9.17) is 4.74 Å². The van der Waals surface area contributed by atoms with Crippen LogP contribution in [0.4, 0.5) is 0 Å². The van der Waals surface area contributed by atoms with Gasteiger partial charge >= 0.3 is 5.97 Å². The van der Waals surface area contributed by atoms with Crippen LogP contribution in [0.3, 0.4) is 0 Å². The van der Waals surface area contributed by atoms with Crippen molar-refractivity contribution in [1.82, 2.24) is 4.98 Å². The van der Waals surface area contributed by atoms with E-state index in [1.54, 1.807) is 0 Å². The Bertz CT molecular complexity index is 663. The Morgan fingerprint density at radius 3 is 3.10 bits per heavy atom. The molecule has 0 atom stereocenters. The van der Waals surface area contributed by atoms with Gasteiger partial charge in [-0.1, -0.05) is 13.3 Å². The molecule has 1 aliphatic heterocycles. The lowest BCUT2D eigenvalue weighted by atomic mass is 10.1. The molecule has 1 aliphatic rings. The molecule has 1 aromatic carbocycles. The van der Waals surface area contributed by atoms with E-state index in [9.17, 15) is 9.90 Å². The number of carbonyl (C=O) groups is 1. The lowest BCUT2D eigenvalue weighted by Gasteiger charge is -2.00. The third kappa shape index (κ3) is 2.29. The Morgan fingerprint density at radius 2 is 2.35 bits per heavy atom. The van der Waals surface area contributed by atoms with Crippen LogP contribution in [0.1, 0.15) is 34.3 Å². The smallest absolute Gasteiger partial charge is 0.347 e. The largest absolute Gasteiger partial charge is 0.493 e. The molecule has 1 aromatic heterocycles. The van der Waals surface area contributed by atoms with E-state index in [-0.39, 0.29) is 0 Å². The molecule has 0 fully saturated rings. The summed E-state index contributed by atoms with van der Waals surface area (Å²) in [7, 11) is 0. The van der Waals surface area contributed by atoms with Crippen molar-refractivity contribution in [2.24, 2.45) is 0 Å². The van der Waals surface area contributed by atoms with Gasteiger partial charge in [0.2, 0.25) is 0 Å². The molecule has 3 rings (SSSR count). The van der Waals surface area contributed by atoms with Gasteiger partial charge in [-0.15, -0.1) is 11.3 Å². The third-order valence-corrected chi connectivity index (χ3v) is 4.45. The van der Waals surface area contributed by atoms with Gasteiger partial charge in [0.15, 0.2) is 0 Å². The highest BCUT2D eigenvalue weighted by atomic mass is 32.1. The number of aryl methyl sites for hydroxylation is 1. The summed E-state index contributed by atoms with van der Waals surface area (Å²) in [5, 5.41) is 10.0. The molecule has 0 aliphatic carbocycles. The normalized spacial score (nSPS) is 13.1. The highest BCUT2D eigenvalue weighted by Gasteiger charge is 2.19. The monoisotopic (exact) mass is 289 g/mol. The van der Waals surface area contributed by atoms with Crippen LogP contribution in [-0.4, -0.2) is 22.7 Å². The van der Waals surface area contributed by atoms with Crippen molar-refractivity contribution < 1.29 is 14.6 Å². The zero-order chi connectivity index (χ0) is 14.1. The average Bonchev–Trinajstić information content (AvgIpc) is 3.04. The van der Waals surface area contributed by atoms with Gasteiger partial charge in [-0.3, -0.25) is 0 Å². The number of ether oxygens (including phenoxy) is 1. The standard InChI is InChI=1S/C15H15NO3S/c1-2-3-11-13(15(17)18)20-14(16-11)10-4-5-12-9(8-10)6-7-19-12/h4-5,8H,2-3,6-7H2,1H3,(H,17,18). The van der Waals surface area contributed by atoms with Crippen molar-refractivity contribution in [2.75, 3.05) is 6.61 Å². The second-order valence-corrected chi connectivity index (χ2v) is 5.77. The summed E-state index contributed by atoms with van der Waals surface area (Å²) in [5.41, 5.74) is 2.84. The molecule has 0 unspecified atom stereocenters. The van der Waals surface area contributed by atoms with Gasteiger partial charge in [0.1, 0.15) is 15.6 Å². The number of fused-ring (bicyclic) bond motifs is 1. The fraction of sp³-hybridized carbons (Fsp3) is 0.333. The molecule has 20 heavy (non-hydrogen) atoms. The molecule has 1 N–H and O–H groups in total. The Balaban J connectivity index is 2.01. The zero-order valence-corrected chi connectivity index (χ0v) is 12.0. The van der Waals surface area contributed by atoms with Crippen LogP contribution in [0.2, 0.25) is 0 Å². The lowest BCUT2D eigenvalue weighted by molar-refractivity contribution is 0.0700. The van der Waals surface area contributed by atoms with Gasteiger partial charge < -0.3 is 9.84 Å². The summed E-state index contributed by atoms with van der Waals surface area (Å²) < 4.78 is 5.48. The molecule has 0 amide bonds. The summed E-state index contributed by atoms with van der Waals surface area (Å²) in [4.78, 5) is 16.2. The van der Waals surface area contributed by atoms with Gasteiger partial charge in [-0.25, -0.2) is 9.78 Å². The predicted molar refractivity (Wildman–Crippen MR) is 77.7 cm³/mol. The predicted octanol–water partition coefficient (Wildman–Crippen LogP) is 3.40. The molecule has 0 spiro atoms. The molecule has 2 aromatic rings. The van der Waals surface area contributed by atoms with E-state index in [0.29, 0.717) is 17.0 Å². The number of nitrogens with zero attached hydrogens (tertiary/aromatic N) is 1. The first-order valence-electron chi connectivity index (χ1n) is 6.68. The van der Waals surface area contributed by atoms with Gasteiger partial charge in [0.05, 0.1) is 12.3 Å². The van der Waals surface area contributed by atoms with E-state index in [2.05, 4.69) is 11.1 Å². The molecule has 0 radical (unpaired) electrons. The van der Waals surface area contributed by atoms with Crippen molar-refractivity contribution >= 4 is 17.3 Å². The number of aromatic nitrogens is 1. The summed E-state index contributed by atoms with van der Waals surface area (Å²) in [6.45, 7) is 2.75. The number of rotatable bonds is 4. The Hall–Kier alpha value is -1.88. The molecule has 5 heteroatoms. The van der Waals surface area contributed by atoms with Crippen molar-refractivity contribution in [3.8, 4) is 16.3 Å². The summed E-state index contributed by atoms with van der Waals surface area (Å²) >= 11 is 1.25. The summed E-state index contributed by atoms with van der Waals surface area (Å²) in [5.74, 6) is 0.0410. The second kappa shape index (κ2) is 5.25. The molecule has 0 saturated heterocycles. The third-order valence-electron chi connectivity index (χ3n) is 3.31. The summed E-state index contributed by atoms with van der Waals surface area (Å²) in [6.07, 6.45) is 2.50. The number of aromatic carboxylic acids is 1.